The van der Waals surface area contributed by atoms with Crippen LogP contribution in [0.25, 0.3) is 0 Å². The average Bonchev–Trinajstić information content (AvgIpc) is 3.35. The third kappa shape index (κ3) is 2.91. The summed E-state index contributed by atoms with van der Waals surface area (Å²) in [6.45, 7) is 0.807. The summed E-state index contributed by atoms with van der Waals surface area (Å²) in [5.74, 6) is 1.73. The molecule has 2 aliphatic rings. The van der Waals surface area contributed by atoms with Crippen molar-refractivity contribution >= 4 is 17.2 Å². The maximum atomic E-state index is 13.1. The number of hydrogen-bond acceptors (Lipinski definition) is 4. The second kappa shape index (κ2) is 6.71. The highest BCUT2D eigenvalue weighted by atomic mass is 32.1. The Morgan fingerprint density at radius 1 is 1.16 bits per heavy atom. The van der Waals surface area contributed by atoms with Crippen molar-refractivity contribution in [2.45, 2.75) is 38.1 Å². The summed E-state index contributed by atoms with van der Waals surface area (Å²) in [6, 6.07) is 8.07. The molecule has 1 unspecified atom stereocenters. The molecular formula is C20H23NO3S. The van der Waals surface area contributed by atoms with Gasteiger partial charge in [0.25, 0.3) is 5.91 Å². The van der Waals surface area contributed by atoms with Gasteiger partial charge in [0.05, 0.1) is 25.1 Å². The first-order valence-corrected chi connectivity index (χ1v) is 9.67. The number of hydrogen-bond donors (Lipinski definition) is 0. The summed E-state index contributed by atoms with van der Waals surface area (Å²) in [5.41, 5.74) is 2.45. The zero-order valence-corrected chi connectivity index (χ0v) is 15.5. The highest BCUT2D eigenvalue weighted by molar-refractivity contribution is 7.14. The number of nitrogens with zero attached hydrogens (tertiary/aromatic N) is 1. The van der Waals surface area contributed by atoms with E-state index in [1.165, 1.54) is 16.9 Å². The lowest BCUT2D eigenvalue weighted by molar-refractivity contribution is 0.0739. The highest BCUT2D eigenvalue weighted by Crippen LogP contribution is 2.40. The minimum Gasteiger partial charge on any atom is -0.497 e. The first-order chi connectivity index (χ1) is 12.2. The van der Waals surface area contributed by atoms with E-state index in [4.69, 9.17) is 9.47 Å². The van der Waals surface area contributed by atoms with E-state index < -0.39 is 0 Å². The fourth-order valence-corrected chi connectivity index (χ4v) is 5.21. The van der Waals surface area contributed by atoms with Crippen LogP contribution in [0, 0.1) is 0 Å². The molecule has 0 radical (unpaired) electrons. The van der Waals surface area contributed by atoms with Gasteiger partial charge in [0.2, 0.25) is 0 Å². The van der Waals surface area contributed by atoms with Gasteiger partial charge >= 0.3 is 0 Å². The topological polar surface area (TPSA) is 38.8 Å². The number of thiophene rings is 1. The largest absolute Gasteiger partial charge is 0.497 e. The van der Waals surface area contributed by atoms with Crippen molar-refractivity contribution < 1.29 is 14.3 Å². The van der Waals surface area contributed by atoms with E-state index in [1.54, 1.807) is 25.6 Å². The number of benzene rings is 1. The molecule has 4 nitrogen and oxygen atoms in total. The van der Waals surface area contributed by atoms with Crippen LogP contribution in [-0.2, 0) is 12.8 Å². The van der Waals surface area contributed by atoms with Crippen LogP contribution < -0.4 is 9.47 Å². The van der Waals surface area contributed by atoms with Gasteiger partial charge in [0.1, 0.15) is 11.5 Å². The molecule has 1 atom stereocenters. The minimum absolute atomic E-state index is 0.0743. The van der Waals surface area contributed by atoms with E-state index in [0.29, 0.717) is 0 Å². The van der Waals surface area contributed by atoms with Crippen LogP contribution in [0.5, 0.6) is 11.5 Å². The predicted molar refractivity (Wildman–Crippen MR) is 98.9 cm³/mol. The monoisotopic (exact) mass is 357 g/mol. The number of ether oxygens (including phenoxy) is 2. The Morgan fingerprint density at radius 2 is 2.04 bits per heavy atom. The Balaban J connectivity index is 1.63. The van der Waals surface area contributed by atoms with E-state index in [9.17, 15) is 4.79 Å². The van der Waals surface area contributed by atoms with Crippen molar-refractivity contribution in [2.75, 3.05) is 20.8 Å². The number of carbonyl (C=O) groups is 1. The second-order valence-corrected chi connectivity index (χ2v) is 7.81. The summed E-state index contributed by atoms with van der Waals surface area (Å²) >= 11 is 1.69. The molecule has 25 heavy (non-hydrogen) atoms. The summed E-state index contributed by atoms with van der Waals surface area (Å²) in [7, 11) is 3.32. The van der Waals surface area contributed by atoms with E-state index >= 15 is 0 Å². The van der Waals surface area contributed by atoms with Crippen molar-refractivity contribution in [2.24, 2.45) is 0 Å². The summed E-state index contributed by atoms with van der Waals surface area (Å²) < 4.78 is 10.9. The van der Waals surface area contributed by atoms with Crippen molar-refractivity contribution in [3.8, 4) is 11.5 Å². The number of aryl methyl sites for hydroxylation is 2. The number of methoxy groups -OCH3 is 2. The standard InChI is InChI=1S/C20H23NO3S/c1-23-14-8-9-15(17(12-14)24-2)16-6-4-10-21(16)20(22)19-11-13-5-3-7-18(13)25-19/h8-9,11-12,16H,3-7,10H2,1-2H3. The average molecular weight is 357 g/mol. The van der Waals surface area contributed by atoms with Crippen molar-refractivity contribution in [1.82, 2.24) is 4.90 Å². The molecule has 2 heterocycles. The fourth-order valence-electron chi connectivity index (χ4n) is 4.00. The molecule has 2 aromatic rings. The summed E-state index contributed by atoms with van der Waals surface area (Å²) in [4.78, 5) is 17.4. The van der Waals surface area contributed by atoms with Crippen LogP contribution in [0.3, 0.4) is 0 Å². The molecule has 5 heteroatoms. The second-order valence-electron chi connectivity index (χ2n) is 6.68. The van der Waals surface area contributed by atoms with E-state index in [1.807, 2.05) is 23.1 Å². The number of fused-ring (bicyclic) bond motifs is 1. The Morgan fingerprint density at radius 3 is 2.80 bits per heavy atom. The zero-order valence-electron chi connectivity index (χ0n) is 14.7. The van der Waals surface area contributed by atoms with E-state index in [2.05, 4.69) is 6.07 Å². The first kappa shape index (κ1) is 16.5. The number of amides is 1. The van der Waals surface area contributed by atoms with Gasteiger partial charge in [-0.2, -0.15) is 0 Å². The third-order valence-corrected chi connectivity index (χ3v) is 6.50. The Bertz CT molecular complexity index is 777. The molecule has 0 spiro atoms. The van der Waals surface area contributed by atoms with Gasteiger partial charge in [0, 0.05) is 23.1 Å². The van der Waals surface area contributed by atoms with Gasteiger partial charge in [-0.15, -0.1) is 11.3 Å². The predicted octanol–water partition coefficient (Wildman–Crippen LogP) is 4.23. The van der Waals surface area contributed by atoms with Gasteiger partial charge in [-0.1, -0.05) is 0 Å². The Hall–Kier alpha value is -2.01. The molecule has 1 aliphatic heterocycles. The lowest BCUT2D eigenvalue weighted by Crippen LogP contribution is -2.30. The maximum Gasteiger partial charge on any atom is 0.264 e. The van der Waals surface area contributed by atoms with Crippen LogP contribution in [0.2, 0.25) is 0 Å². The molecule has 1 amide bonds. The number of likely N-dealkylation sites (tertiary alicyclic amines) is 1. The van der Waals surface area contributed by atoms with Crippen molar-refractivity contribution in [3.05, 3.63) is 45.1 Å². The molecule has 0 bridgehead atoms. The molecule has 1 aromatic carbocycles. The number of carbonyl (C=O) groups excluding carboxylic acids is 1. The normalized spacial score (nSPS) is 19.1. The van der Waals surface area contributed by atoms with Gasteiger partial charge < -0.3 is 14.4 Å². The summed E-state index contributed by atoms with van der Waals surface area (Å²) in [6.07, 6.45) is 5.47. The Labute approximate surface area is 152 Å². The van der Waals surface area contributed by atoms with E-state index in [-0.39, 0.29) is 11.9 Å². The molecule has 0 saturated carbocycles. The molecular weight excluding hydrogens is 334 g/mol. The fraction of sp³-hybridized carbons (Fsp3) is 0.450. The van der Waals surface area contributed by atoms with Crippen LogP contribution in [0.1, 0.15) is 51.0 Å². The van der Waals surface area contributed by atoms with Crippen LogP contribution >= 0.6 is 11.3 Å². The lowest BCUT2D eigenvalue weighted by atomic mass is 10.0. The lowest BCUT2D eigenvalue weighted by Gasteiger charge is -2.26. The molecule has 4 rings (SSSR count). The SMILES string of the molecule is COc1ccc(C2CCCN2C(=O)c2cc3c(s2)CCC3)c(OC)c1. The molecule has 132 valence electrons. The van der Waals surface area contributed by atoms with Gasteiger partial charge in [-0.05, 0) is 55.9 Å². The van der Waals surface area contributed by atoms with Crippen LogP contribution in [0.15, 0.2) is 24.3 Å². The van der Waals surface area contributed by atoms with Crippen molar-refractivity contribution in [1.29, 1.82) is 0 Å². The molecule has 1 aliphatic carbocycles. The van der Waals surface area contributed by atoms with Crippen LogP contribution in [0.4, 0.5) is 0 Å². The molecule has 1 saturated heterocycles. The van der Waals surface area contributed by atoms with Gasteiger partial charge in [0.15, 0.2) is 0 Å². The summed E-state index contributed by atoms with van der Waals surface area (Å²) in [5, 5.41) is 0. The molecule has 1 fully saturated rings. The number of rotatable bonds is 4. The maximum absolute atomic E-state index is 13.1. The zero-order chi connectivity index (χ0) is 17.4. The van der Waals surface area contributed by atoms with E-state index in [0.717, 1.165) is 54.2 Å². The third-order valence-electron chi connectivity index (χ3n) is 5.27. The smallest absolute Gasteiger partial charge is 0.264 e. The Kier molecular flexibility index (Phi) is 4.42. The quantitative estimate of drug-likeness (QED) is 0.822. The van der Waals surface area contributed by atoms with Gasteiger partial charge in [-0.3, -0.25) is 4.79 Å². The van der Waals surface area contributed by atoms with Crippen LogP contribution in [-0.4, -0.2) is 31.6 Å². The minimum atomic E-state index is 0.0743. The molecule has 1 aromatic heterocycles. The van der Waals surface area contributed by atoms with Gasteiger partial charge in [-0.25, -0.2) is 0 Å². The van der Waals surface area contributed by atoms with Crippen molar-refractivity contribution in [3.63, 3.8) is 0 Å². The molecule has 0 N–H and O–H groups in total. The first-order valence-electron chi connectivity index (χ1n) is 8.85. The highest BCUT2D eigenvalue weighted by Gasteiger charge is 2.33.